The van der Waals surface area contributed by atoms with Crippen LogP contribution in [0.3, 0.4) is 0 Å². The van der Waals surface area contributed by atoms with Gasteiger partial charge in [-0.3, -0.25) is 9.48 Å². The molecule has 6 nitrogen and oxygen atoms in total. The number of ether oxygens (including phenoxy) is 1. The predicted molar refractivity (Wildman–Crippen MR) is 111 cm³/mol. The summed E-state index contributed by atoms with van der Waals surface area (Å²) >= 11 is 7.56. The Hall–Kier alpha value is -1.86. The van der Waals surface area contributed by atoms with Gasteiger partial charge in [-0.05, 0) is 43.1 Å². The fourth-order valence-corrected chi connectivity index (χ4v) is 5.18. The van der Waals surface area contributed by atoms with Crippen LogP contribution in [0.15, 0.2) is 6.20 Å². The molecule has 0 unspecified atom stereocenters. The summed E-state index contributed by atoms with van der Waals surface area (Å²) in [5.74, 6) is -0.291. The van der Waals surface area contributed by atoms with E-state index in [-0.39, 0.29) is 22.7 Å². The number of hydrogen-bond donors (Lipinski definition) is 1. The molecule has 1 aliphatic carbocycles. The van der Waals surface area contributed by atoms with Crippen molar-refractivity contribution in [1.29, 1.82) is 0 Å². The Kier molecular flexibility index (Phi) is 5.87. The third kappa shape index (κ3) is 4.10. The van der Waals surface area contributed by atoms with E-state index < -0.39 is 11.9 Å². The molecule has 0 aliphatic heterocycles. The second kappa shape index (κ2) is 7.87. The molecule has 1 aliphatic rings. The van der Waals surface area contributed by atoms with Gasteiger partial charge in [0.05, 0.1) is 17.2 Å². The number of aromatic nitrogens is 2. The van der Waals surface area contributed by atoms with E-state index in [1.807, 2.05) is 0 Å². The highest BCUT2D eigenvalue weighted by Gasteiger charge is 2.34. The van der Waals surface area contributed by atoms with Gasteiger partial charge < -0.3 is 10.1 Å². The monoisotopic (exact) mass is 423 g/mol. The van der Waals surface area contributed by atoms with Crippen LogP contribution in [0.5, 0.6) is 0 Å². The van der Waals surface area contributed by atoms with Crippen molar-refractivity contribution < 1.29 is 14.3 Å². The Balaban J connectivity index is 1.96. The minimum atomic E-state index is -0.429. The van der Waals surface area contributed by atoms with Gasteiger partial charge in [0.1, 0.15) is 5.00 Å². The summed E-state index contributed by atoms with van der Waals surface area (Å²) in [5, 5.41) is 7.74. The lowest BCUT2D eigenvalue weighted by Gasteiger charge is -2.33. The number of carbonyl (C=O) groups excluding carboxylic acids is 2. The van der Waals surface area contributed by atoms with Crippen LogP contribution in [-0.4, -0.2) is 28.3 Å². The maximum absolute atomic E-state index is 12.7. The number of rotatable bonds is 4. The Bertz CT molecular complexity index is 911. The molecule has 0 bridgehead atoms. The number of amides is 1. The van der Waals surface area contributed by atoms with Crippen molar-refractivity contribution >= 4 is 39.8 Å². The van der Waals surface area contributed by atoms with Crippen LogP contribution in [0.1, 0.15) is 65.4 Å². The maximum atomic E-state index is 12.7. The van der Waals surface area contributed by atoms with E-state index in [4.69, 9.17) is 16.3 Å². The van der Waals surface area contributed by atoms with E-state index in [0.717, 1.165) is 29.7 Å². The molecule has 1 N–H and O–H groups in total. The number of aryl methyl sites for hydroxylation is 1. The number of halogens is 1. The summed E-state index contributed by atoms with van der Waals surface area (Å²) in [7, 11) is 1.70. The predicted octanol–water partition coefficient (Wildman–Crippen LogP) is 4.72. The zero-order valence-electron chi connectivity index (χ0n) is 16.9. The van der Waals surface area contributed by atoms with Gasteiger partial charge in [-0.25, -0.2) is 4.79 Å². The van der Waals surface area contributed by atoms with Crippen molar-refractivity contribution in [3.05, 3.63) is 32.9 Å². The van der Waals surface area contributed by atoms with Crippen molar-refractivity contribution in [3.8, 4) is 0 Å². The third-order valence-electron chi connectivity index (χ3n) is 5.20. The second-order valence-corrected chi connectivity index (χ2v) is 9.70. The summed E-state index contributed by atoms with van der Waals surface area (Å²) in [6.45, 7) is 8.79. The smallest absolute Gasteiger partial charge is 0.341 e. The first-order valence-electron chi connectivity index (χ1n) is 9.44. The summed E-state index contributed by atoms with van der Waals surface area (Å²) in [6, 6.07) is 0. The average molecular weight is 424 g/mol. The van der Waals surface area contributed by atoms with Gasteiger partial charge in [-0.1, -0.05) is 32.4 Å². The number of anilines is 1. The molecule has 1 amide bonds. The first kappa shape index (κ1) is 20.9. The fraction of sp³-hybridized carbons (Fsp3) is 0.550. The van der Waals surface area contributed by atoms with Gasteiger partial charge in [0.25, 0.3) is 5.91 Å². The van der Waals surface area contributed by atoms with E-state index in [2.05, 4.69) is 31.2 Å². The molecule has 3 rings (SSSR count). The van der Waals surface area contributed by atoms with Crippen molar-refractivity contribution in [1.82, 2.24) is 9.78 Å². The topological polar surface area (TPSA) is 73.2 Å². The molecule has 0 spiro atoms. The maximum Gasteiger partial charge on any atom is 0.341 e. The van der Waals surface area contributed by atoms with E-state index in [9.17, 15) is 9.59 Å². The molecule has 2 aromatic heterocycles. The SMILES string of the molecule is CCOC(=O)c1c(NC(=O)c2nn(C)cc2Cl)sc2c1CC[C@@H](C(C)(C)C)C2. The zero-order valence-corrected chi connectivity index (χ0v) is 18.5. The molecule has 2 heterocycles. The van der Waals surface area contributed by atoms with Crippen LogP contribution < -0.4 is 5.32 Å². The van der Waals surface area contributed by atoms with Crippen molar-refractivity contribution in [2.24, 2.45) is 18.4 Å². The van der Waals surface area contributed by atoms with Crippen LogP contribution in [0.25, 0.3) is 0 Å². The lowest BCUT2D eigenvalue weighted by atomic mass is 9.72. The minimum absolute atomic E-state index is 0.137. The number of thiophene rings is 1. The highest BCUT2D eigenvalue weighted by molar-refractivity contribution is 7.17. The zero-order chi connectivity index (χ0) is 20.6. The summed E-state index contributed by atoms with van der Waals surface area (Å²) in [5.41, 5.74) is 1.82. The standard InChI is InChI=1S/C20H26ClN3O3S/c1-6-27-19(26)15-12-8-7-11(20(2,3)4)9-14(12)28-18(15)22-17(25)16-13(21)10-24(5)23-16/h10-11H,6-9H2,1-5H3,(H,22,25)/t11-/m1/s1. The fourth-order valence-electron chi connectivity index (χ4n) is 3.61. The highest BCUT2D eigenvalue weighted by atomic mass is 35.5. The molecule has 0 aromatic carbocycles. The normalized spacial score (nSPS) is 16.6. The molecular weight excluding hydrogens is 398 g/mol. The average Bonchev–Trinajstić information content (AvgIpc) is 3.12. The van der Waals surface area contributed by atoms with E-state index >= 15 is 0 Å². The molecule has 8 heteroatoms. The first-order chi connectivity index (χ1) is 13.1. The van der Waals surface area contributed by atoms with Gasteiger partial charge in [-0.2, -0.15) is 5.10 Å². The second-order valence-electron chi connectivity index (χ2n) is 8.19. The van der Waals surface area contributed by atoms with E-state index in [0.29, 0.717) is 16.5 Å². The quantitative estimate of drug-likeness (QED) is 0.722. The Morgan fingerprint density at radius 1 is 1.43 bits per heavy atom. The van der Waals surface area contributed by atoms with Crippen LogP contribution in [0.2, 0.25) is 5.02 Å². The van der Waals surface area contributed by atoms with Crippen LogP contribution in [0.4, 0.5) is 5.00 Å². The molecule has 0 saturated heterocycles. The molecule has 2 aromatic rings. The molecule has 28 heavy (non-hydrogen) atoms. The van der Waals surface area contributed by atoms with Gasteiger partial charge >= 0.3 is 5.97 Å². The number of nitrogens with one attached hydrogen (secondary N) is 1. The van der Waals surface area contributed by atoms with Crippen molar-refractivity contribution in [3.63, 3.8) is 0 Å². The number of nitrogens with zero attached hydrogens (tertiary/aromatic N) is 2. The van der Waals surface area contributed by atoms with Crippen molar-refractivity contribution in [2.45, 2.75) is 47.0 Å². The Morgan fingerprint density at radius 3 is 2.71 bits per heavy atom. The van der Waals surface area contributed by atoms with Crippen molar-refractivity contribution in [2.75, 3.05) is 11.9 Å². The summed E-state index contributed by atoms with van der Waals surface area (Å²) in [6.07, 6.45) is 4.29. The summed E-state index contributed by atoms with van der Waals surface area (Å²) in [4.78, 5) is 26.5. The lowest BCUT2D eigenvalue weighted by Crippen LogP contribution is -2.26. The van der Waals surface area contributed by atoms with Gasteiger partial charge in [-0.15, -0.1) is 11.3 Å². The molecule has 0 fully saturated rings. The number of carbonyl (C=O) groups is 2. The molecular formula is C20H26ClN3O3S. The van der Waals surface area contributed by atoms with Crippen LogP contribution in [-0.2, 0) is 24.6 Å². The Labute approximate surface area is 174 Å². The van der Waals surface area contributed by atoms with Gasteiger partial charge in [0.15, 0.2) is 5.69 Å². The third-order valence-corrected chi connectivity index (χ3v) is 6.64. The molecule has 1 atom stereocenters. The molecule has 0 saturated carbocycles. The molecule has 0 radical (unpaired) electrons. The van der Waals surface area contributed by atoms with E-state index in [1.54, 1.807) is 20.2 Å². The minimum Gasteiger partial charge on any atom is -0.462 e. The summed E-state index contributed by atoms with van der Waals surface area (Å²) < 4.78 is 6.76. The van der Waals surface area contributed by atoms with Gasteiger partial charge in [0, 0.05) is 18.1 Å². The largest absolute Gasteiger partial charge is 0.462 e. The number of hydrogen-bond acceptors (Lipinski definition) is 5. The first-order valence-corrected chi connectivity index (χ1v) is 10.6. The number of fused-ring (bicyclic) bond motifs is 1. The van der Waals surface area contributed by atoms with Crippen LogP contribution >= 0.6 is 22.9 Å². The van der Waals surface area contributed by atoms with E-state index in [1.165, 1.54) is 16.0 Å². The van der Waals surface area contributed by atoms with Crippen LogP contribution in [0, 0.1) is 11.3 Å². The van der Waals surface area contributed by atoms with Gasteiger partial charge in [0.2, 0.25) is 0 Å². The molecule has 152 valence electrons. The highest BCUT2D eigenvalue weighted by Crippen LogP contribution is 2.44. The lowest BCUT2D eigenvalue weighted by molar-refractivity contribution is 0.0526. The Morgan fingerprint density at radius 2 is 2.14 bits per heavy atom. The number of esters is 1.